The minimum absolute atomic E-state index is 0.0479. The molecule has 4 rings (SSSR count). The van der Waals surface area contributed by atoms with Crippen LogP contribution in [0.2, 0.25) is 0 Å². The van der Waals surface area contributed by atoms with Crippen molar-refractivity contribution < 1.29 is 0 Å². The molecule has 0 aliphatic carbocycles. The number of fused-ring (bicyclic) bond motifs is 3. The smallest absolute Gasteiger partial charge is 0.276 e. The van der Waals surface area contributed by atoms with Gasteiger partial charge < -0.3 is 0 Å². The summed E-state index contributed by atoms with van der Waals surface area (Å²) in [5, 5.41) is 4.78. The summed E-state index contributed by atoms with van der Waals surface area (Å²) in [4.78, 5) is 16.9. The first kappa shape index (κ1) is 13.3. The van der Waals surface area contributed by atoms with Crippen LogP contribution in [0.3, 0.4) is 0 Å². The summed E-state index contributed by atoms with van der Waals surface area (Å²) in [5.41, 5.74) is 2.72. The lowest BCUT2D eigenvalue weighted by Gasteiger charge is -2.01. The Labute approximate surface area is 134 Å². The Morgan fingerprint density at radius 3 is 2.73 bits per heavy atom. The van der Waals surface area contributed by atoms with Crippen LogP contribution in [-0.2, 0) is 6.54 Å². The van der Waals surface area contributed by atoms with Gasteiger partial charge in [-0.3, -0.25) is 14.9 Å². The highest BCUT2D eigenvalue weighted by Crippen LogP contribution is 2.23. The summed E-state index contributed by atoms with van der Waals surface area (Å²) in [6.07, 6.45) is 1.64. The Kier molecular flexibility index (Phi) is 3.08. The van der Waals surface area contributed by atoms with Crippen LogP contribution in [0, 0.1) is 0 Å². The third-order valence-corrected chi connectivity index (χ3v) is 4.23. The number of halogens is 1. The summed E-state index contributed by atoms with van der Waals surface area (Å²) in [7, 11) is 0. The fraction of sp³-hybridized carbons (Fsp3) is 0.0588. The zero-order valence-electron chi connectivity index (χ0n) is 11.6. The molecule has 22 heavy (non-hydrogen) atoms. The van der Waals surface area contributed by atoms with Gasteiger partial charge in [-0.1, -0.05) is 46.3 Å². The van der Waals surface area contributed by atoms with Crippen molar-refractivity contribution in [1.82, 2.24) is 14.8 Å². The van der Waals surface area contributed by atoms with Crippen LogP contribution in [0.1, 0.15) is 5.56 Å². The van der Waals surface area contributed by atoms with Gasteiger partial charge in [-0.25, -0.2) is 4.68 Å². The lowest BCUT2D eigenvalue weighted by Crippen LogP contribution is -2.17. The van der Waals surface area contributed by atoms with Crippen LogP contribution < -0.4 is 5.56 Å². The molecule has 0 fully saturated rings. The second-order valence-electron chi connectivity index (χ2n) is 5.20. The fourth-order valence-electron chi connectivity index (χ4n) is 2.66. The minimum Gasteiger partial charge on any atom is -0.294 e. The number of hydrogen-bond donors (Lipinski definition) is 1. The van der Waals surface area contributed by atoms with Crippen LogP contribution in [0.5, 0.6) is 0 Å². The van der Waals surface area contributed by atoms with Crippen LogP contribution in [0.4, 0.5) is 0 Å². The Bertz CT molecular complexity index is 1030. The van der Waals surface area contributed by atoms with Gasteiger partial charge in [0.25, 0.3) is 5.56 Å². The van der Waals surface area contributed by atoms with Gasteiger partial charge in [0.15, 0.2) is 0 Å². The lowest BCUT2D eigenvalue weighted by atomic mass is 10.2. The molecule has 0 saturated carbocycles. The average molecular weight is 354 g/mol. The monoisotopic (exact) mass is 353 g/mol. The third-order valence-electron chi connectivity index (χ3n) is 3.74. The van der Waals surface area contributed by atoms with Crippen molar-refractivity contribution in [2.75, 3.05) is 0 Å². The van der Waals surface area contributed by atoms with Crippen molar-refractivity contribution >= 4 is 37.7 Å². The van der Waals surface area contributed by atoms with E-state index in [-0.39, 0.29) is 5.56 Å². The van der Waals surface area contributed by atoms with E-state index >= 15 is 0 Å². The second kappa shape index (κ2) is 5.10. The number of pyridine rings is 1. The van der Waals surface area contributed by atoms with Crippen molar-refractivity contribution in [1.29, 1.82) is 0 Å². The fourth-order valence-corrected chi connectivity index (χ4v) is 3.02. The quantitative estimate of drug-likeness (QED) is 0.597. The van der Waals surface area contributed by atoms with E-state index in [4.69, 9.17) is 0 Å². The van der Waals surface area contributed by atoms with Crippen molar-refractivity contribution in [3.63, 3.8) is 0 Å². The molecule has 0 bridgehead atoms. The molecule has 0 aliphatic heterocycles. The molecule has 4 aromatic rings. The molecule has 5 heteroatoms. The first-order valence-electron chi connectivity index (χ1n) is 6.93. The average Bonchev–Trinajstić information content (AvgIpc) is 2.85. The standard InChI is InChI=1S/C17H12BrN3O/c18-12-6-7-15-13(8-12)16-14(9-19-15)17(22)21(20-16)10-11-4-2-1-3-5-11/h1-9,20H,10H2. The number of H-pyrrole nitrogens is 1. The normalized spacial score (nSPS) is 11.3. The van der Waals surface area contributed by atoms with Crippen LogP contribution in [0.15, 0.2) is 64.0 Å². The minimum atomic E-state index is -0.0479. The van der Waals surface area contributed by atoms with Crippen LogP contribution >= 0.6 is 15.9 Å². The number of nitrogens with zero attached hydrogens (tertiary/aromatic N) is 2. The summed E-state index contributed by atoms with van der Waals surface area (Å²) < 4.78 is 2.59. The highest BCUT2D eigenvalue weighted by Gasteiger charge is 2.11. The number of hydrogen-bond acceptors (Lipinski definition) is 2. The Morgan fingerprint density at radius 1 is 1.09 bits per heavy atom. The molecule has 2 aromatic carbocycles. The molecule has 0 spiro atoms. The Morgan fingerprint density at radius 2 is 1.91 bits per heavy atom. The maximum atomic E-state index is 12.5. The lowest BCUT2D eigenvalue weighted by molar-refractivity contribution is 0.673. The van der Waals surface area contributed by atoms with Crippen LogP contribution in [0.25, 0.3) is 21.8 Å². The largest absolute Gasteiger partial charge is 0.294 e. The molecule has 0 amide bonds. The van der Waals surface area contributed by atoms with E-state index in [0.29, 0.717) is 11.9 Å². The first-order chi connectivity index (χ1) is 10.7. The van der Waals surface area contributed by atoms with Gasteiger partial charge in [-0.15, -0.1) is 0 Å². The van der Waals surface area contributed by atoms with Gasteiger partial charge in [-0.05, 0) is 23.8 Å². The number of nitrogens with one attached hydrogen (secondary N) is 1. The van der Waals surface area contributed by atoms with Crippen molar-refractivity contribution in [3.05, 3.63) is 75.1 Å². The first-order valence-corrected chi connectivity index (χ1v) is 7.72. The molecule has 0 saturated heterocycles. The zero-order valence-corrected chi connectivity index (χ0v) is 13.2. The van der Waals surface area contributed by atoms with E-state index in [0.717, 1.165) is 26.5 Å². The van der Waals surface area contributed by atoms with Crippen molar-refractivity contribution in [2.45, 2.75) is 6.54 Å². The maximum Gasteiger partial charge on any atom is 0.276 e. The van der Waals surface area contributed by atoms with Gasteiger partial charge in [-0.2, -0.15) is 0 Å². The molecule has 0 unspecified atom stereocenters. The number of aromatic amines is 1. The number of aromatic nitrogens is 3. The Hall–Kier alpha value is -2.40. The predicted octanol–water partition coefficient (Wildman–Crippen LogP) is 3.69. The third kappa shape index (κ3) is 2.14. The van der Waals surface area contributed by atoms with Gasteiger partial charge >= 0.3 is 0 Å². The molecule has 108 valence electrons. The highest BCUT2D eigenvalue weighted by molar-refractivity contribution is 9.10. The van der Waals surface area contributed by atoms with Gasteiger partial charge in [0.05, 0.1) is 23.0 Å². The molecule has 2 aromatic heterocycles. The molecular formula is C17H12BrN3O. The van der Waals surface area contributed by atoms with E-state index in [1.165, 1.54) is 0 Å². The molecule has 0 atom stereocenters. The molecule has 2 heterocycles. The summed E-state index contributed by atoms with van der Waals surface area (Å²) in [6, 6.07) is 15.8. The number of benzene rings is 2. The van der Waals surface area contributed by atoms with E-state index in [9.17, 15) is 4.79 Å². The summed E-state index contributed by atoms with van der Waals surface area (Å²) >= 11 is 3.47. The Balaban J connectivity index is 1.94. The maximum absolute atomic E-state index is 12.5. The van der Waals surface area contributed by atoms with E-state index in [2.05, 4.69) is 26.0 Å². The van der Waals surface area contributed by atoms with Gasteiger partial charge in [0.1, 0.15) is 0 Å². The molecule has 1 N–H and O–H groups in total. The molecule has 4 nitrogen and oxygen atoms in total. The van der Waals surface area contributed by atoms with E-state index in [1.54, 1.807) is 10.9 Å². The van der Waals surface area contributed by atoms with Gasteiger partial charge in [0, 0.05) is 16.1 Å². The molecular weight excluding hydrogens is 342 g/mol. The second-order valence-corrected chi connectivity index (χ2v) is 6.11. The topological polar surface area (TPSA) is 50.7 Å². The molecule has 0 aliphatic rings. The zero-order chi connectivity index (χ0) is 15.1. The van der Waals surface area contributed by atoms with Crippen molar-refractivity contribution in [3.8, 4) is 0 Å². The SMILES string of the molecule is O=c1c2cnc3ccc(Br)cc3c2[nH]n1Cc1ccccc1. The number of rotatable bonds is 2. The van der Waals surface area contributed by atoms with E-state index in [1.807, 2.05) is 48.5 Å². The summed E-state index contributed by atoms with van der Waals surface area (Å²) in [5.74, 6) is 0. The van der Waals surface area contributed by atoms with Gasteiger partial charge in [0.2, 0.25) is 0 Å². The summed E-state index contributed by atoms with van der Waals surface area (Å²) in [6.45, 7) is 0.518. The van der Waals surface area contributed by atoms with Crippen LogP contribution in [-0.4, -0.2) is 14.8 Å². The van der Waals surface area contributed by atoms with E-state index < -0.39 is 0 Å². The molecule has 0 radical (unpaired) electrons. The van der Waals surface area contributed by atoms with Crippen molar-refractivity contribution in [2.24, 2.45) is 0 Å². The highest BCUT2D eigenvalue weighted by atomic mass is 79.9. The predicted molar refractivity (Wildman–Crippen MR) is 91.1 cm³/mol.